The van der Waals surface area contributed by atoms with Crippen LogP contribution in [-0.4, -0.2) is 36.0 Å². The van der Waals surface area contributed by atoms with Crippen LogP contribution in [0.2, 0.25) is 0 Å². The first-order valence-corrected chi connectivity index (χ1v) is 4.53. The SMILES string of the molecule is COC(C)CCC[C@](N)(C=N)C(=O)O. The lowest BCUT2D eigenvalue weighted by Gasteiger charge is -2.19. The first-order chi connectivity index (χ1) is 6.46. The lowest BCUT2D eigenvalue weighted by atomic mass is 9.94. The first-order valence-electron chi connectivity index (χ1n) is 4.53. The maximum absolute atomic E-state index is 10.7. The molecule has 0 aromatic carbocycles. The summed E-state index contributed by atoms with van der Waals surface area (Å²) in [6, 6.07) is 0. The Morgan fingerprint density at radius 2 is 2.36 bits per heavy atom. The van der Waals surface area contributed by atoms with Crippen molar-refractivity contribution in [3.63, 3.8) is 0 Å². The van der Waals surface area contributed by atoms with Crippen molar-refractivity contribution in [2.45, 2.75) is 37.8 Å². The van der Waals surface area contributed by atoms with E-state index in [-0.39, 0.29) is 12.5 Å². The second kappa shape index (κ2) is 5.72. The first kappa shape index (κ1) is 13.1. The Kier molecular flexibility index (Phi) is 5.34. The summed E-state index contributed by atoms with van der Waals surface area (Å²) in [7, 11) is 1.61. The molecule has 0 fully saturated rings. The largest absolute Gasteiger partial charge is 0.480 e. The van der Waals surface area contributed by atoms with Gasteiger partial charge in [-0.25, -0.2) is 4.79 Å². The van der Waals surface area contributed by atoms with Gasteiger partial charge in [0.2, 0.25) is 0 Å². The second-order valence-corrected chi connectivity index (χ2v) is 3.43. The van der Waals surface area contributed by atoms with Crippen LogP contribution in [0.3, 0.4) is 0 Å². The Labute approximate surface area is 83.8 Å². The Bertz CT molecular complexity index is 208. The summed E-state index contributed by atoms with van der Waals surface area (Å²) in [4.78, 5) is 10.7. The fraction of sp³-hybridized carbons (Fsp3) is 0.778. The normalized spacial score (nSPS) is 17.1. The molecule has 0 aliphatic carbocycles. The van der Waals surface area contributed by atoms with E-state index >= 15 is 0 Å². The number of hydrogen-bond donors (Lipinski definition) is 3. The molecule has 0 saturated carbocycles. The van der Waals surface area contributed by atoms with Crippen LogP contribution < -0.4 is 5.73 Å². The minimum Gasteiger partial charge on any atom is -0.480 e. The highest BCUT2D eigenvalue weighted by atomic mass is 16.5. The van der Waals surface area contributed by atoms with Crippen molar-refractivity contribution in [3.8, 4) is 0 Å². The topological polar surface area (TPSA) is 96.4 Å². The monoisotopic (exact) mass is 202 g/mol. The van der Waals surface area contributed by atoms with Gasteiger partial charge in [0.05, 0.1) is 6.10 Å². The number of carboxylic acid groups (broad SMARTS) is 1. The van der Waals surface area contributed by atoms with Crippen molar-refractivity contribution in [1.29, 1.82) is 5.41 Å². The van der Waals surface area contributed by atoms with Crippen molar-refractivity contribution in [2.24, 2.45) is 5.73 Å². The molecule has 0 aromatic heterocycles. The van der Waals surface area contributed by atoms with Gasteiger partial charge in [0.1, 0.15) is 5.54 Å². The number of rotatable bonds is 7. The lowest BCUT2D eigenvalue weighted by molar-refractivity contribution is -0.140. The minimum absolute atomic E-state index is 0.0961. The van der Waals surface area contributed by atoms with Crippen LogP contribution in [0.5, 0.6) is 0 Å². The van der Waals surface area contributed by atoms with Crippen molar-refractivity contribution in [3.05, 3.63) is 0 Å². The summed E-state index contributed by atoms with van der Waals surface area (Å²) >= 11 is 0. The molecule has 0 aromatic rings. The molecule has 2 atom stereocenters. The van der Waals surface area contributed by atoms with Gasteiger partial charge in [-0.3, -0.25) is 0 Å². The summed E-state index contributed by atoms with van der Waals surface area (Å²) in [5, 5.41) is 15.7. The molecular weight excluding hydrogens is 184 g/mol. The maximum atomic E-state index is 10.7. The predicted molar refractivity (Wildman–Crippen MR) is 53.7 cm³/mol. The number of ether oxygens (including phenoxy) is 1. The zero-order chi connectivity index (χ0) is 11.2. The average Bonchev–Trinajstić information content (AvgIpc) is 2.16. The third kappa shape index (κ3) is 3.85. The fourth-order valence-electron chi connectivity index (χ4n) is 1.04. The number of carbonyl (C=O) groups is 1. The number of nitrogens with two attached hydrogens (primary N) is 1. The molecule has 82 valence electrons. The van der Waals surface area contributed by atoms with Gasteiger partial charge in [-0.2, -0.15) is 0 Å². The van der Waals surface area contributed by atoms with Crippen LogP contribution in [0.15, 0.2) is 0 Å². The summed E-state index contributed by atoms with van der Waals surface area (Å²) in [5.74, 6) is -1.16. The Morgan fingerprint density at radius 3 is 2.71 bits per heavy atom. The third-order valence-corrected chi connectivity index (χ3v) is 2.26. The standard InChI is InChI=1S/C9H18N2O3/c1-7(14-2)4-3-5-9(11,6-10)8(12)13/h6-7,10H,3-5,11H2,1-2H3,(H,12,13)/t7?,9-/m0/s1. The van der Waals surface area contributed by atoms with E-state index in [1.807, 2.05) is 6.92 Å². The molecule has 0 heterocycles. The van der Waals surface area contributed by atoms with Gasteiger partial charge in [0.25, 0.3) is 0 Å². The molecule has 14 heavy (non-hydrogen) atoms. The van der Waals surface area contributed by atoms with E-state index in [0.29, 0.717) is 6.42 Å². The number of carboxylic acids is 1. The van der Waals surface area contributed by atoms with E-state index < -0.39 is 11.5 Å². The second-order valence-electron chi connectivity index (χ2n) is 3.43. The van der Waals surface area contributed by atoms with E-state index in [2.05, 4.69) is 0 Å². The molecule has 5 heteroatoms. The van der Waals surface area contributed by atoms with Gasteiger partial charge in [-0.05, 0) is 26.2 Å². The molecule has 0 rings (SSSR count). The molecule has 0 aliphatic heterocycles. The molecular formula is C9H18N2O3. The van der Waals surface area contributed by atoms with Crippen LogP contribution in [0.1, 0.15) is 26.2 Å². The van der Waals surface area contributed by atoms with Gasteiger partial charge in [0.15, 0.2) is 0 Å². The van der Waals surface area contributed by atoms with Crippen LogP contribution in [0.4, 0.5) is 0 Å². The molecule has 0 amide bonds. The molecule has 0 saturated heterocycles. The van der Waals surface area contributed by atoms with E-state index in [0.717, 1.165) is 12.6 Å². The van der Waals surface area contributed by atoms with Gasteiger partial charge >= 0.3 is 5.97 Å². The molecule has 0 radical (unpaired) electrons. The zero-order valence-corrected chi connectivity index (χ0v) is 8.62. The molecule has 1 unspecified atom stereocenters. The minimum atomic E-state index is -1.52. The summed E-state index contributed by atoms with van der Waals surface area (Å²) in [6.45, 7) is 1.91. The van der Waals surface area contributed by atoms with E-state index in [1.165, 1.54) is 0 Å². The highest BCUT2D eigenvalue weighted by molar-refractivity contribution is 5.97. The number of aliphatic carboxylic acids is 1. The quantitative estimate of drug-likeness (QED) is 0.527. The number of hydrogen-bond acceptors (Lipinski definition) is 4. The van der Waals surface area contributed by atoms with Gasteiger partial charge < -0.3 is 21.0 Å². The Balaban J connectivity index is 3.97. The number of nitrogens with one attached hydrogen (secondary N) is 1. The predicted octanol–water partition coefficient (Wildman–Crippen LogP) is 0.623. The fourth-order valence-corrected chi connectivity index (χ4v) is 1.04. The van der Waals surface area contributed by atoms with Crippen molar-refractivity contribution < 1.29 is 14.6 Å². The Hall–Kier alpha value is -0.940. The van der Waals surface area contributed by atoms with Gasteiger partial charge in [-0.1, -0.05) is 0 Å². The van der Waals surface area contributed by atoms with Crippen molar-refractivity contribution in [2.75, 3.05) is 7.11 Å². The molecule has 0 spiro atoms. The summed E-state index contributed by atoms with van der Waals surface area (Å²) in [5.41, 5.74) is 3.96. The molecule has 0 bridgehead atoms. The van der Waals surface area contributed by atoms with Crippen LogP contribution in [0, 0.1) is 5.41 Å². The highest BCUT2D eigenvalue weighted by Crippen LogP contribution is 2.11. The van der Waals surface area contributed by atoms with Gasteiger partial charge in [0, 0.05) is 13.3 Å². The van der Waals surface area contributed by atoms with Crippen LogP contribution in [0.25, 0.3) is 0 Å². The van der Waals surface area contributed by atoms with Crippen molar-refractivity contribution in [1.82, 2.24) is 0 Å². The molecule has 4 N–H and O–H groups in total. The van der Waals surface area contributed by atoms with E-state index in [4.69, 9.17) is 21.0 Å². The summed E-state index contributed by atoms with van der Waals surface area (Å²) in [6.07, 6.45) is 2.52. The van der Waals surface area contributed by atoms with E-state index in [1.54, 1.807) is 7.11 Å². The Morgan fingerprint density at radius 1 is 1.79 bits per heavy atom. The lowest BCUT2D eigenvalue weighted by Crippen LogP contribution is -2.49. The molecule has 5 nitrogen and oxygen atoms in total. The summed E-state index contributed by atoms with van der Waals surface area (Å²) < 4.78 is 5.01. The molecule has 0 aliphatic rings. The smallest absolute Gasteiger partial charge is 0.329 e. The maximum Gasteiger partial charge on any atom is 0.329 e. The zero-order valence-electron chi connectivity index (χ0n) is 8.62. The number of methoxy groups -OCH3 is 1. The van der Waals surface area contributed by atoms with Crippen LogP contribution >= 0.6 is 0 Å². The average molecular weight is 202 g/mol. The van der Waals surface area contributed by atoms with E-state index in [9.17, 15) is 4.79 Å². The van der Waals surface area contributed by atoms with Crippen LogP contribution in [-0.2, 0) is 9.53 Å². The third-order valence-electron chi connectivity index (χ3n) is 2.26. The van der Waals surface area contributed by atoms with Crippen molar-refractivity contribution >= 4 is 12.2 Å². The van der Waals surface area contributed by atoms with Gasteiger partial charge in [-0.15, -0.1) is 0 Å². The highest BCUT2D eigenvalue weighted by Gasteiger charge is 2.30.